The van der Waals surface area contributed by atoms with E-state index in [9.17, 15) is 5.26 Å². The van der Waals surface area contributed by atoms with E-state index < -0.39 is 0 Å². The van der Waals surface area contributed by atoms with Gasteiger partial charge in [-0.2, -0.15) is 17.0 Å². The van der Waals surface area contributed by atoms with E-state index in [2.05, 4.69) is 22.6 Å². The van der Waals surface area contributed by atoms with E-state index in [0.29, 0.717) is 16.9 Å². The van der Waals surface area contributed by atoms with Crippen LogP contribution in [0.4, 0.5) is 5.69 Å². The molecule has 1 fully saturated rings. The number of hydrogen-bond acceptors (Lipinski definition) is 4. The summed E-state index contributed by atoms with van der Waals surface area (Å²) in [6.45, 7) is 3.88. The van der Waals surface area contributed by atoms with E-state index in [4.69, 9.17) is 0 Å². The molecule has 0 saturated heterocycles. The van der Waals surface area contributed by atoms with Crippen LogP contribution in [0.25, 0.3) is 0 Å². The van der Waals surface area contributed by atoms with Crippen molar-refractivity contribution in [1.82, 2.24) is 4.98 Å². The van der Waals surface area contributed by atoms with Gasteiger partial charge < -0.3 is 5.32 Å². The third-order valence-corrected chi connectivity index (χ3v) is 4.96. The van der Waals surface area contributed by atoms with Crippen molar-refractivity contribution in [1.29, 1.82) is 5.26 Å². The Morgan fingerprint density at radius 3 is 2.79 bits per heavy atom. The minimum atomic E-state index is 0.469. The predicted octanol–water partition coefficient (Wildman–Crippen LogP) is 3.66. The lowest BCUT2D eigenvalue weighted by molar-refractivity contribution is 0.475. The van der Waals surface area contributed by atoms with Gasteiger partial charge in [0.1, 0.15) is 6.07 Å². The van der Waals surface area contributed by atoms with Gasteiger partial charge in [-0.3, -0.25) is 4.98 Å². The number of nitriles is 1. The zero-order valence-corrected chi connectivity index (χ0v) is 12.7. The lowest BCUT2D eigenvalue weighted by atomic mass is 9.94. The molecule has 0 aromatic carbocycles. The smallest absolute Gasteiger partial charge is 0.103 e. The third-order valence-electron chi connectivity index (χ3n) is 3.79. The Morgan fingerprint density at radius 2 is 2.11 bits per heavy atom. The van der Waals surface area contributed by atoms with Gasteiger partial charge in [-0.05, 0) is 39.0 Å². The summed E-state index contributed by atoms with van der Waals surface area (Å²) in [4.78, 5) is 4.37. The number of nitrogens with zero attached hydrogens (tertiary/aromatic N) is 2. The van der Waals surface area contributed by atoms with Crippen LogP contribution in [0.5, 0.6) is 0 Å². The van der Waals surface area contributed by atoms with Crippen molar-refractivity contribution in [2.24, 2.45) is 0 Å². The monoisotopic (exact) mass is 275 g/mol. The number of thioether (sulfide) groups is 1. The normalized spacial score (nSPS) is 22.8. The first-order chi connectivity index (χ1) is 9.15. The minimum Gasteiger partial charge on any atom is -0.380 e. The Hall–Kier alpha value is -1.21. The second-order valence-electron chi connectivity index (χ2n) is 5.19. The fraction of sp³-hybridized carbons (Fsp3) is 0.600. The van der Waals surface area contributed by atoms with Crippen molar-refractivity contribution < 1.29 is 0 Å². The van der Waals surface area contributed by atoms with Crippen LogP contribution in [-0.2, 0) is 0 Å². The first kappa shape index (κ1) is 14.2. The van der Waals surface area contributed by atoms with E-state index in [-0.39, 0.29) is 0 Å². The largest absolute Gasteiger partial charge is 0.380 e. The topological polar surface area (TPSA) is 48.7 Å². The van der Waals surface area contributed by atoms with Gasteiger partial charge in [0.2, 0.25) is 0 Å². The first-order valence-corrected chi connectivity index (χ1v) is 8.12. The van der Waals surface area contributed by atoms with E-state index in [1.165, 1.54) is 25.7 Å². The highest BCUT2D eigenvalue weighted by Gasteiger charge is 2.25. The molecule has 2 atom stereocenters. The van der Waals surface area contributed by atoms with Crippen LogP contribution in [-0.4, -0.2) is 22.5 Å². The average molecular weight is 275 g/mol. The molecule has 1 heterocycles. The summed E-state index contributed by atoms with van der Waals surface area (Å²) >= 11 is 1.93. The van der Waals surface area contributed by atoms with Crippen LogP contribution >= 0.6 is 11.8 Å². The average Bonchev–Trinajstić information content (AvgIpc) is 2.39. The summed E-state index contributed by atoms with van der Waals surface area (Å²) in [5, 5.41) is 13.6. The van der Waals surface area contributed by atoms with Crippen molar-refractivity contribution in [3.05, 3.63) is 23.0 Å². The molecule has 1 aromatic heterocycles. The molecule has 0 radical (unpaired) electrons. The second kappa shape index (κ2) is 6.29. The molecule has 0 bridgehead atoms. The van der Waals surface area contributed by atoms with Crippen molar-refractivity contribution in [3.8, 4) is 6.07 Å². The molecule has 2 unspecified atom stereocenters. The van der Waals surface area contributed by atoms with E-state index in [1.54, 1.807) is 0 Å². The Morgan fingerprint density at radius 1 is 1.37 bits per heavy atom. The highest BCUT2D eigenvalue weighted by molar-refractivity contribution is 7.99. The zero-order valence-electron chi connectivity index (χ0n) is 11.9. The van der Waals surface area contributed by atoms with Gasteiger partial charge in [-0.25, -0.2) is 0 Å². The van der Waals surface area contributed by atoms with Gasteiger partial charge in [0, 0.05) is 17.0 Å². The number of rotatable bonds is 3. The molecule has 1 saturated carbocycles. The zero-order chi connectivity index (χ0) is 13.8. The molecule has 0 amide bonds. The van der Waals surface area contributed by atoms with E-state index in [1.807, 2.05) is 31.7 Å². The summed E-state index contributed by atoms with van der Waals surface area (Å²) in [6, 6.07) is 4.75. The van der Waals surface area contributed by atoms with Gasteiger partial charge in [0.15, 0.2) is 0 Å². The highest BCUT2D eigenvalue weighted by atomic mass is 32.2. The highest BCUT2D eigenvalue weighted by Crippen LogP contribution is 2.30. The number of aromatic nitrogens is 1. The first-order valence-electron chi connectivity index (χ1n) is 6.83. The molecule has 1 aliphatic carbocycles. The summed E-state index contributed by atoms with van der Waals surface area (Å²) in [6.07, 6.45) is 7.24. The lowest BCUT2D eigenvalue weighted by Gasteiger charge is -2.32. The fourth-order valence-corrected chi connectivity index (χ4v) is 3.76. The molecule has 0 spiro atoms. The Kier molecular flexibility index (Phi) is 4.71. The molecule has 102 valence electrons. The van der Waals surface area contributed by atoms with Gasteiger partial charge in [-0.1, -0.05) is 12.8 Å². The Bertz CT molecular complexity index is 493. The molecule has 1 aliphatic rings. The van der Waals surface area contributed by atoms with Gasteiger partial charge in [0.25, 0.3) is 0 Å². The summed E-state index contributed by atoms with van der Waals surface area (Å²) < 4.78 is 0. The van der Waals surface area contributed by atoms with Crippen LogP contribution in [0.15, 0.2) is 6.07 Å². The second-order valence-corrected chi connectivity index (χ2v) is 6.27. The molecule has 1 N–H and O–H groups in total. The number of hydrogen-bond donors (Lipinski definition) is 1. The lowest BCUT2D eigenvalue weighted by Crippen LogP contribution is -2.34. The maximum absolute atomic E-state index is 9.31. The molecule has 3 nitrogen and oxygen atoms in total. The molecular formula is C15H21N3S. The number of aryl methyl sites for hydroxylation is 2. The summed E-state index contributed by atoms with van der Waals surface area (Å²) in [5.74, 6) is 0. The van der Waals surface area contributed by atoms with Crippen LogP contribution < -0.4 is 5.32 Å². The fourth-order valence-electron chi connectivity index (χ4n) is 2.83. The van der Waals surface area contributed by atoms with Gasteiger partial charge in [0.05, 0.1) is 16.9 Å². The molecular weight excluding hydrogens is 254 g/mol. The van der Waals surface area contributed by atoms with Crippen molar-refractivity contribution in [2.45, 2.75) is 50.8 Å². The maximum Gasteiger partial charge on any atom is 0.103 e. The Labute approximate surface area is 119 Å². The van der Waals surface area contributed by atoms with E-state index in [0.717, 1.165) is 17.1 Å². The van der Waals surface area contributed by atoms with Gasteiger partial charge in [-0.15, -0.1) is 0 Å². The standard InChI is InChI=1S/C15H21N3S/c1-10-8-14(12(9-16)11(2)17-10)18-13-6-4-5-7-15(13)19-3/h8,13,15H,4-7H2,1-3H3,(H,17,18). The van der Waals surface area contributed by atoms with Crippen molar-refractivity contribution >= 4 is 17.4 Å². The molecule has 2 rings (SSSR count). The quantitative estimate of drug-likeness (QED) is 0.914. The number of pyridine rings is 1. The SMILES string of the molecule is CSC1CCCCC1Nc1cc(C)nc(C)c1C#N. The molecule has 1 aromatic rings. The molecule has 0 aliphatic heterocycles. The summed E-state index contributed by atoms with van der Waals surface area (Å²) in [7, 11) is 0. The van der Waals surface area contributed by atoms with Crippen molar-refractivity contribution in [2.75, 3.05) is 11.6 Å². The Balaban J connectivity index is 2.25. The summed E-state index contributed by atoms with van der Waals surface area (Å²) in [5.41, 5.74) is 3.44. The third kappa shape index (κ3) is 3.22. The predicted molar refractivity (Wildman–Crippen MR) is 81.6 cm³/mol. The maximum atomic E-state index is 9.31. The minimum absolute atomic E-state index is 0.469. The molecule has 4 heteroatoms. The number of nitrogens with one attached hydrogen (secondary N) is 1. The van der Waals surface area contributed by atoms with Crippen LogP contribution in [0.1, 0.15) is 42.6 Å². The van der Waals surface area contributed by atoms with Crippen molar-refractivity contribution in [3.63, 3.8) is 0 Å². The van der Waals surface area contributed by atoms with E-state index >= 15 is 0 Å². The number of anilines is 1. The van der Waals surface area contributed by atoms with Crippen LogP contribution in [0.3, 0.4) is 0 Å². The molecule has 19 heavy (non-hydrogen) atoms. The van der Waals surface area contributed by atoms with Crippen LogP contribution in [0, 0.1) is 25.2 Å². The van der Waals surface area contributed by atoms with Crippen LogP contribution in [0.2, 0.25) is 0 Å². The van der Waals surface area contributed by atoms with Gasteiger partial charge >= 0.3 is 0 Å².